The lowest BCUT2D eigenvalue weighted by Crippen LogP contribution is -2.43. The van der Waals surface area contributed by atoms with E-state index in [0.717, 1.165) is 0 Å². The second-order valence-corrected chi connectivity index (χ2v) is 4.07. The Morgan fingerprint density at radius 1 is 1.53 bits per heavy atom. The van der Waals surface area contributed by atoms with Crippen LogP contribution in [0.3, 0.4) is 0 Å². The zero-order chi connectivity index (χ0) is 12.9. The molecule has 1 rings (SSSR count). The minimum absolute atomic E-state index is 0.0143. The molecule has 5 heteroatoms. The molecule has 17 heavy (non-hydrogen) atoms. The van der Waals surface area contributed by atoms with E-state index < -0.39 is 12.2 Å². The molecule has 0 saturated heterocycles. The summed E-state index contributed by atoms with van der Waals surface area (Å²) in [4.78, 5) is 11.7. The molecule has 1 amide bonds. The monoisotopic (exact) mass is 239 g/mol. The summed E-state index contributed by atoms with van der Waals surface area (Å²) >= 11 is 0. The van der Waals surface area contributed by atoms with E-state index in [2.05, 4.69) is 5.32 Å². The summed E-state index contributed by atoms with van der Waals surface area (Å²) in [6, 6.07) is 6.69. The smallest absolute Gasteiger partial charge is 0.251 e. The quantitative estimate of drug-likeness (QED) is 0.684. The van der Waals surface area contributed by atoms with Gasteiger partial charge < -0.3 is 20.3 Å². The zero-order valence-electron chi connectivity index (χ0n) is 9.93. The fraction of sp³-hybridized carbons (Fsp3) is 0.417. The highest BCUT2D eigenvalue weighted by molar-refractivity contribution is 5.94. The highest BCUT2D eigenvalue weighted by atomic mass is 16.5. The van der Waals surface area contributed by atoms with Crippen LogP contribution in [0, 0.1) is 0 Å². The molecule has 0 aliphatic carbocycles. The first-order valence-electron chi connectivity index (χ1n) is 5.24. The molecule has 0 aromatic heterocycles. The van der Waals surface area contributed by atoms with Gasteiger partial charge >= 0.3 is 0 Å². The minimum atomic E-state index is -1.31. The van der Waals surface area contributed by atoms with Gasteiger partial charge in [0.05, 0.1) is 13.7 Å². The molecule has 0 bridgehead atoms. The number of carbonyl (C=O) groups excluding carboxylic acids is 1. The van der Waals surface area contributed by atoms with Crippen molar-refractivity contribution in [3.63, 3.8) is 0 Å². The van der Waals surface area contributed by atoms with Crippen molar-refractivity contribution in [3.05, 3.63) is 29.8 Å². The Morgan fingerprint density at radius 2 is 2.24 bits per heavy atom. The first kappa shape index (κ1) is 13.5. The molecule has 0 radical (unpaired) electrons. The molecule has 1 aromatic rings. The molecule has 94 valence electrons. The molecule has 1 unspecified atom stereocenters. The van der Waals surface area contributed by atoms with Gasteiger partial charge in [-0.05, 0) is 25.1 Å². The second kappa shape index (κ2) is 5.65. The van der Waals surface area contributed by atoms with E-state index in [-0.39, 0.29) is 12.5 Å². The molecule has 0 spiro atoms. The van der Waals surface area contributed by atoms with Gasteiger partial charge in [0, 0.05) is 12.1 Å². The first-order chi connectivity index (χ1) is 7.98. The van der Waals surface area contributed by atoms with Gasteiger partial charge in [0.2, 0.25) is 0 Å². The number of hydrogen-bond acceptors (Lipinski definition) is 4. The number of nitrogens with one attached hydrogen (secondary N) is 1. The van der Waals surface area contributed by atoms with Crippen LogP contribution in [0.5, 0.6) is 5.75 Å². The van der Waals surface area contributed by atoms with E-state index in [0.29, 0.717) is 11.3 Å². The summed E-state index contributed by atoms with van der Waals surface area (Å²) in [5.41, 5.74) is -0.868. The van der Waals surface area contributed by atoms with Gasteiger partial charge in [-0.25, -0.2) is 0 Å². The van der Waals surface area contributed by atoms with E-state index in [1.54, 1.807) is 24.3 Å². The standard InChI is InChI=1S/C12H17NO4/c1-12(16,8-14)7-13-11(15)9-4-3-5-10(6-9)17-2/h3-6,14,16H,7-8H2,1-2H3,(H,13,15). The Labute approximate surface area is 100 Å². The molecule has 5 nitrogen and oxygen atoms in total. The Morgan fingerprint density at radius 3 is 2.82 bits per heavy atom. The van der Waals surface area contributed by atoms with E-state index in [4.69, 9.17) is 9.84 Å². The largest absolute Gasteiger partial charge is 0.497 e. The lowest BCUT2D eigenvalue weighted by Gasteiger charge is -2.20. The number of aliphatic hydroxyl groups is 2. The highest BCUT2D eigenvalue weighted by Gasteiger charge is 2.20. The van der Waals surface area contributed by atoms with E-state index >= 15 is 0 Å². The fourth-order valence-electron chi connectivity index (χ4n) is 1.19. The van der Waals surface area contributed by atoms with Gasteiger partial charge in [-0.3, -0.25) is 4.79 Å². The van der Waals surface area contributed by atoms with Crippen LogP contribution < -0.4 is 10.1 Å². The third-order valence-corrected chi connectivity index (χ3v) is 2.30. The van der Waals surface area contributed by atoms with Crippen LogP contribution in [0.25, 0.3) is 0 Å². The molecule has 3 N–H and O–H groups in total. The van der Waals surface area contributed by atoms with Crippen LogP contribution in [-0.4, -0.2) is 42.0 Å². The van der Waals surface area contributed by atoms with E-state index in [9.17, 15) is 9.90 Å². The summed E-state index contributed by atoms with van der Waals surface area (Å²) in [7, 11) is 1.52. The van der Waals surface area contributed by atoms with Crippen LogP contribution in [0.15, 0.2) is 24.3 Å². The van der Waals surface area contributed by atoms with Crippen LogP contribution in [0.2, 0.25) is 0 Å². The van der Waals surface area contributed by atoms with Crippen molar-refractivity contribution in [1.82, 2.24) is 5.32 Å². The number of benzene rings is 1. The lowest BCUT2D eigenvalue weighted by atomic mass is 10.1. The number of ether oxygens (including phenoxy) is 1. The summed E-state index contributed by atoms with van der Waals surface area (Å²) in [6.45, 7) is 1.02. The lowest BCUT2D eigenvalue weighted by molar-refractivity contribution is 0.00320. The molecular weight excluding hydrogens is 222 g/mol. The molecule has 1 aromatic carbocycles. The van der Waals surface area contributed by atoms with Crippen molar-refractivity contribution in [2.45, 2.75) is 12.5 Å². The van der Waals surface area contributed by atoms with Gasteiger partial charge in [-0.15, -0.1) is 0 Å². The molecule has 0 fully saturated rings. The number of aliphatic hydroxyl groups excluding tert-OH is 1. The van der Waals surface area contributed by atoms with Crippen molar-refractivity contribution in [3.8, 4) is 5.75 Å². The summed E-state index contributed by atoms with van der Waals surface area (Å²) < 4.78 is 5.00. The second-order valence-electron chi connectivity index (χ2n) is 4.07. The molecule has 1 atom stereocenters. The average Bonchev–Trinajstić information content (AvgIpc) is 2.36. The number of hydrogen-bond donors (Lipinski definition) is 3. The van der Waals surface area contributed by atoms with E-state index in [1.165, 1.54) is 14.0 Å². The molecule has 0 heterocycles. The van der Waals surface area contributed by atoms with E-state index in [1.807, 2.05) is 0 Å². The van der Waals surface area contributed by atoms with Crippen LogP contribution in [0.1, 0.15) is 17.3 Å². The van der Waals surface area contributed by atoms with Crippen molar-refractivity contribution >= 4 is 5.91 Å². The van der Waals surface area contributed by atoms with Crippen LogP contribution in [-0.2, 0) is 0 Å². The van der Waals surface area contributed by atoms with Gasteiger partial charge in [0.1, 0.15) is 11.4 Å². The Hall–Kier alpha value is -1.59. The number of amides is 1. The molecule has 0 aliphatic rings. The Balaban J connectivity index is 2.64. The maximum absolute atomic E-state index is 11.7. The molecule has 0 saturated carbocycles. The van der Waals surface area contributed by atoms with Gasteiger partial charge in [-0.2, -0.15) is 0 Å². The third-order valence-electron chi connectivity index (χ3n) is 2.30. The predicted molar refractivity (Wildman–Crippen MR) is 63.0 cm³/mol. The summed E-state index contributed by atoms with van der Waals surface area (Å²) in [5, 5.41) is 20.9. The maximum Gasteiger partial charge on any atom is 0.251 e. The van der Waals surface area contributed by atoms with Crippen molar-refractivity contribution in [1.29, 1.82) is 0 Å². The van der Waals surface area contributed by atoms with Gasteiger partial charge in [-0.1, -0.05) is 6.07 Å². The number of methoxy groups -OCH3 is 1. The van der Waals surface area contributed by atoms with Crippen LogP contribution in [0.4, 0.5) is 0 Å². The Kier molecular flexibility index (Phi) is 4.48. The van der Waals surface area contributed by atoms with Crippen molar-refractivity contribution in [2.24, 2.45) is 0 Å². The fourth-order valence-corrected chi connectivity index (χ4v) is 1.19. The highest BCUT2D eigenvalue weighted by Crippen LogP contribution is 2.12. The summed E-state index contributed by atoms with van der Waals surface area (Å²) in [6.07, 6.45) is 0. The maximum atomic E-state index is 11.7. The first-order valence-corrected chi connectivity index (χ1v) is 5.24. The topological polar surface area (TPSA) is 78.8 Å². The molecular formula is C12H17NO4. The van der Waals surface area contributed by atoms with Crippen molar-refractivity contribution in [2.75, 3.05) is 20.3 Å². The predicted octanol–water partition coefficient (Wildman–Crippen LogP) is 0.168. The SMILES string of the molecule is COc1cccc(C(=O)NCC(C)(O)CO)c1. The zero-order valence-corrected chi connectivity index (χ0v) is 9.93. The third kappa shape index (κ3) is 4.05. The Bertz CT molecular complexity index is 390. The van der Waals surface area contributed by atoms with Gasteiger partial charge in [0.25, 0.3) is 5.91 Å². The number of carbonyl (C=O) groups is 1. The normalized spacial score (nSPS) is 13.9. The summed E-state index contributed by atoms with van der Waals surface area (Å²) in [5.74, 6) is 0.268. The minimum Gasteiger partial charge on any atom is -0.497 e. The number of rotatable bonds is 5. The molecule has 0 aliphatic heterocycles. The van der Waals surface area contributed by atoms with Crippen molar-refractivity contribution < 1.29 is 19.7 Å². The van der Waals surface area contributed by atoms with Gasteiger partial charge in [0.15, 0.2) is 0 Å². The van der Waals surface area contributed by atoms with Crippen LogP contribution >= 0.6 is 0 Å². The average molecular weight is 239 g/mol.